The van der Waals surface area contributed by atoms with Gasteiger partial charge in [-0.2, -0.15) is 13.2 Å². The van der Waals surface area contributed by atoms with E-state index in [2.05, 4.69) is 10.6 Å². The summed E-state index contributed by atoms with van der Waals surface area (Å²) in [5.41, 5.74) is -0.0283. The average molecular weight is 309 g/mol. The quantitative estimate of drug-likeness (QED) is 0.901. The van der Waals surface area contributed by atoms with Crippen LogP contribution in [0.25, 0.3) is 0 Å². The summed E-state index contributed by atoms with van der Waals surface area (Å²) in [7, 11) is 0. The second-order valence-electron chi connectivity index (χ2n) is 4.56. The van der Waals surface area contributed by atoms with E-state index in [1.807, 2.05) is 0 Å². The van der Waals surface area contributed by atoms with E-state index in [0.717, 1.165) is 31.5 Å². The number of carbonyl (C=O) groups is 1. The summed E-state index contributed by atoms with van der Waals surface area (Å²) in [6.07, 6.45) is -2.55. The molecule has 1 atom stereocenters. The highest BCUT2D eigenvalue weighted by Crippen LogP contribution is 2.29. The number of carbonyl (C=O) groups excluding carboxylic acids is 1. The molecule has 20 heavy (non-hydrogen) atoms. The summed E-state index contributed by atoms with van der Waals surface area (Å²) in [6.45, 7) is 1.08. The van der Waals surface area contributed by atoms with Gasteiger partial charge in [-0.25, -0.2) is 0 Å². The van der Waals surface area contributed by atoms with Crippen LogP contribution in [0.15, 0.2) is 24.3 Å². The van der Waals surface area contributed by atoms with Gasteiger partial charge in [0.1, 0.15) is 0 Å². The van der Waals surface area contributed by atoms with E-state index in [0.29, 0.717) is 5.56 Å². The van der Waals surface area contributed by atoms with Gasteiger partial charge in [0, 0.05) is 6.54 Å². The van der Waals surface area contributed by atoms with Gasteiger partial charge in [0.2, 0.25) is 5.91 Å². The molecular weight excluding hydrogens is 293 g/mol. The Morgan fingerprint density at radius 3 is 2.45 bits per heavy atom. The van der Waals surface area contributed by atoms with Crippen molar-refractivity contribution in [3.05, 3.63) is 35.4 Å². The van der Waals surface area contributed by atoms with Crippen LogP contribution in [0, 0.1) is 0 Å². The first-order chi connectivity index (χ1) is 8.97. The Bertz CT molecular complexity index is 442. The fourth-order valence-corrected chi connectivity index (χ4v) is 2.03. The van der Waals surface area contributed by atoms with Gasteiger partial charge < -0.3 is 10.6 Å². The molecule has 1 aliphatic rings. The fourth-order valence-electron chi connectivity index (χ4n) is 2.03. The molecule has 0 aliphatic carbocycles. The predicted molar refractivity (Wildman–Crippen MR) is 71.6 cm³/mol. The van der Waals surface area contributed by atoms with Crippen molar-refractivity contribution < 1.29 is 18.0 Å². The summed E-state index contributed by atoms with van der Waals surface area (Å²) in [5, 5.41) is 5.78. The number of hydrogen-bond acceptors (Lipinski definition) is 2. The molecule has 2 rings (SSSR count). The Kier molecular flexibility index (Phi) is 5.83. The van der Waals surface area contributed by atoms with Crippen molar-refractivity contribution in [2.24, 2.45) is 0 Å². The molecule has 0 spiro atoms. The topological polar surface area (TPSA) is 41.1 Å². The SMILES string of the molecule is Cl.O=C(NCc1ccc(C(F)(F)F)cc1)[C@@H]1CCCN1. The van der Waals surface area contributed by atoms with Crippen molar-refractivity contribution in [3.63, 3.8) is 0 Å². The van der Waals surface area contributed by atoms with Crippen molar-refractivity contribution in [2.75, 3.05) is 6.54 Å². The van der Waals surface area contributed by atoms with Gasteiger partial charge in [0.05, 0.1) is 11.6 Å². The smallest absolute Gasteiger partial charge is 0.351 e. The van der Waals surface area contributed by atoms with E-state index in [1.54, 1.807) is 0 Å². The van der Waals surface area contributed by atoms with Gasteiger partial charge in [0.15, 0.2) is 0 Å². The standard InChI is InChI=1S/C13H15F3N2O.ClH/c14-13(15,16)10-5-3-9(4-6-10)8-18-12(19)11-2-1-7-17-11;/h3-6,11,17H,1-2,7-8H2,(H,18,19);1H/t11-;/m0./s1. The van der Waals surface area contributed by atoms with Crippen molar-refractivity contribution >= 4 is 18.3 Å². The number of hydrogen-bond donors (Lipinski definition) is 2. The molecule has 7 heteroatoms. The second-order valence-corrected chi connectivity index (χ2v) is 4.56. The molecule has 0 aromatic heterocycles. The Labute approximate surface area is 121 Å². The third kappa shape index (κ3) is 4.38. The molecule has 1 amide bonds. The minimum Gasteiger partial charge on any atom is -0.351 e. The molecule has 0 bridgehead atoms. The molecule has 112 valence electrons. The van der Waals surface area contributed by atoms with Crippen LogP contribution < -0.4 is 10.6 Å². The molecule has 1 aromatic carbocycles. The van der Waals surface area contributed by atoms with Crippen molar-refractivity contribution in [1.82, 2.24) is 10.6 Å². The van der Waals surface area contributed by atoms with Gasteiger partial charge >= 0.3 is 6.18 Å². The zero-order valence-corrected chi connectivity index (χ0v) is 11.5. The Morgan fingerprint density at radius 1 is 1.30 bits per heavy atom. The number of amides is 1. The largest absolute Gasteiger partial charge is 0.416 e. The first-order valence-corrected chi connectivity index (χ1v) is 6.14. The molecule has 0 radical (unpaired) electrons. The van der Waals surface area contributed by atoms with E-state index < -0.39 is 11.7 Å². The second kappa shape index (κ2) is 6.95. The van der Waals surface area contributed by atoms with Crippen molar-refractivity contribution in [2.45, 2.75) is 31.6 Å². The summed E-state index contributed by atoms with van der Waals surface area (Å²) < 4.78 is 37.1. The lowest BCUT2D eigenvalue weighted by Crippen LogP contribution is -2.39. The number of benzene rings is 1. The van der Waals surface area contributed by atoms with Gasteiger partial charge in [0.25, 0.3) is 0 Å². The Hall–Kier alpha value is -1.27. The van der Waals surface area contributed by atoms with Gasteiger partial charge in [-0.15, -0.1) is 12.4 Å². The normalized spacial score (nSPS) is 18.4. The van der Waals surface area contributed by atoms with Crippen LogP contribution in [0.1, 0.15) is 24.0 Å². The van der Waals surface area contributed by atoms with Crippen molar-refractivity contribution in [3.8, 4) is 0 Å². The van der Waals surface area contributed by atoms with E-state index in [1.165, 1.54) is 12.1 Å². The maximum atomic E-state index is 12.4. The summed E-state index contributed by atoms with van der Waals surface area (Å²) in [4.78, 5) is 11.7. The molecule has 1 heterocycles. The zero-order valence-electron chi connectivity index (χ0n) is 10.7. The lowest BCUT2D eigenvalue weighted by atomic mass is 10.1. The monoisotopic (exact) mass is 308 g/mol. The summed E-state index contributed by atoms with van der Waals surface area (Å²) in [5.74, 6) is -0.0996. The Morgan fingerprint density at radius 2 is 1.95 bits per heavy atom. The summed E-state index contributed by atoms with van der Waals surface area (Å²) >= 11 is 0. The van der Waals surface area contributed by atoms with Crippen LogP contribution in [0.2, 0.25) is 0 Å². The summed E-state index contributed by atoms with van der Waals surface area (Å²) in [6, 6.07) is 4.63. The van der Waals surface area contributed by atoms with Crippen LogP contribution in [0.4, 0.5) is 13.2 Å². The lowest BCUT2D eigenvalue weighted by molar-refractivity contribution is -0.137. The molecule has 3 nitrogen and oxygen atoms in total. The highest BCUT2D eigenvalue weighted by molar-refractivity contribution is 5.85. The molecular formula is C13H16ClF3N2O. The predicted octanol–water partition coefficient (Wildman–Crippen LogP) is 2.50. The Balaban J connectivity index is 0.00000200. The molecule has 0 saturated carbocycles. The van der Waals surface area contributed by atoms with E-state index >= 15 is 0 Å². The minimum atomic E-state index is -4.32. The first-order valence-electron chi connectivity index (χ1n) is 6.14. The van der Waals surface area contributed by atoms with Gasteiger partial charge in [-0.05, 0) is 37.1 Å². The van der Waals surface area contributed by atoms with Gasteiger partial charge in [-0.3, -0.25) is 4.79 Å². The van der Waals surface area contributed by atoms with Crippen LogP contribution in [0.5, 0.6) is 0 Å². The fraction of sp³-hybridized carbons (Fsp3) is 0.462. The van der Waals surface area contributed by atoms with E-state index in [-0.39, 0.29) is 30.9 Å². The van der Waals surface area contributed by atoms with Crippen LogP contribution in [-0.4, -0.2) is 18.5 Å². The number of alkyl halides is 3. The zero-order chi connectivity index (χ0) is 13.9. The van der Waals surface area contributed by atoms with Crippen LogP contribution >= 0.6 is 12.4 Å². The lowest BCUT2D eigenvalue weighted by Gasteiger charge is -2.12. The maximum Gasteiger partial charge on any atom is 0.416 e. The number of halogens is 4. The van der Waals surface area contributed by atoms with Crippen LogP contribution in [0.3, 0.4) is 0 Å². The van der Waals surface area contributed by atoms with Gasteiger partial charge in [-0.1, -0.05) is 12.1 Å². The molecule has 1 fully saturated rings. The van der Waals surface area contributed by atoms with Crippen LogP contribution in [-0.2, 0) is 17.5 Å². The highest BCUT2D eigenvalue weighted by atomic mass is 35.5. The molecule has 2 N–H and O–H groups in total. The molecule has 1 aliphatic heterocycles. The molecule has 1 saturated heterocycles. The number of nitrogens with one attached hydrogen (secondary N) is 2. The van der Waals surface area contributed by atoms with Crippen molar-refractivity contribution in [1.29, 1.82) is 0 Å². The minimum absolute atomic E-state index is 0. The third-order valence-corrected chi connectivity index (χ3v) is 3.12. The molecule has 1 aromatic rings. The van der Waals surface area contributed by atoms with E-state index in [4.69, 9.17) is 0 Å². The third-order valence-electron chi connectivity index (χ3n) is 3.12. The van der Waals surface area contributed by atoms with E-state index in [9.17, 15) is 18.0 Å². The maximum absolute atomic E-state index is 12.4. The first kappa shape index (κ1) is 16.8. The average Bonchev–Trinajstić information content (AvgIpc) is 2.89. The highest BCUT2D eigenvalue weighted by Gasteiger charge is 2.30. The number of rotatable bonds is 3. The molecule has 0 unspecified atom stereocenters.